The Kier molecular flexibility index (Phi) is 4.80. The van der Waals surface area contributed by atoms with Crippen molar-refractivity contribution in [3.63, 3.8) is 0 Å². The monoisotopic (exact) mass is 304 g/mol. The number of benzene rings is 1. The first-order chi connectivity index (χ1) is 10.4. The molecule has 1 saturated heterocycles. The molecule has 6 nitrogen and oxygen atoms in total. The SMILES string of the molecule is CC(NC(=O)C1CC(=O)N(C(C)c2ccccc2)C1)C(=O)O. The van der Waals surface area contributed by atoms with Crippen LogP contribution in [0.5, 0.6) is 0 Å². The van der Waals surface area contributed by atoms with Gasteiger partial charge in [0.25, 0.3) is 0 Å². The fourth-order valence-electron chi connectivity index (χ4n) is 2.59. The van der Waals surface area contributed by atoms with E-state index in [1.165, 1.54) is 6.92 Å². The molecule has 0 aliphatic carbocycles. The van der Waals surface area contributed by atoms with Gasteiger partial charge in [0.05, 0.1) is 12.0 Å². The van der Waals surface area contributed by atoms with E-state index >= 15 is 0 Å². The van der Waals surface area contributed by atoms with Crippen LogP contribution in [0.2, 0.25) is 0 Å². The number of carbonyl (C=O) groups excluding carboxylic acids is 2. The van der Waals surface area contributed by atoms with Crippen LogP contribution in [0, 0.1) is 5.92 Å². The fourth-order valence-corrected chi connectivity index (χ4v) is 2.59. The molecule has 3 unspecified atom stereocenters. The normalized spacial score (nSPS) is 20.5. The summed E-state index contributed by atoms with van der Waals surface area (Å²) < 4.78 is 0. The molecule has 0 radical (unpaired) electrons. The lowest BCUT2D eigenvalue weighted by Crippen LogP contribution is -2.42. The molecular weight excluding hydrogens is 284 g/mol. The van der Waals surface area contributed by atoms with Crippen molar-refractivity contribution in [2.75, 3.05) is 6.54 Å². The van der Waals surface area contributed by atoms with Crippen LogP contribution in [0.3, 0.4) is 0 Å². The summed E-state index contributed by atoms with van der Waals surface area (Å²) in [7, 11) is 0. The molecule has 22 heavy (non-hydrogen) atoms. The van der Waals surface area contributed by atoms with Crippen molar-refractivity contribution in [2.45, 2.75) is 32.4 Å². The van der Waals surface area contributed by atoms with Crippen LogP contribution >= 0.6 is 0 Å². The van der Waals surface area contributed by atoms with Gasteiger partial charge in [-0.05, 0) is 19.4 Å². The number of carbonyl (C=O) groups is 3. The fraction of sp³-hybridized carbons (Fsp3) is 0.438. The minimum absolute atomic E-state index is 0.0838. The minimum Gasteiger partial charge on any atom is -0.480 e. The Labute approximate surface area is 129 Å². The predicted octanol–water partition coefficient (Wildman–Crippen LogP) is 1.19. The predicted molar refractivity (Wildman–Crippen MR) is 79.9 cm³/mol. The van der Waals surface area contributed by atoms with Gasteiger partial charge in [-0.2, -0.15) is 0 Å². The maximum Gasteiger partial charge on any atom is 0.325 e. The minimum atomic E-state index is -1.09. The summed E-state index contributed by atoms with van der Waals surface area (Å²) in [4.78, 5) is 36.7. The maximum atomic E-state index is 12.2. The zero-order chi connectivity index (χ0) is 16.3. The van der Waals surface area contributed by atoms with E-state index in [2.05, 4.69) is 5.32 Å². The average Bonchev–Trinajstić information content (AvgIpc) is 2.89. The number of carboxylic acid groups (broad SMARTS) is 1. The zero-order valence-corrected chi connectivity index (χ0v) is 12.7. The van der Waals surface area contributed by atoms with Gasteiger partial charge in [-0.15, -0.1) is 0 Å². The van der Waals surface area contributed by atoms with Crippen LogP contribution in [0.1, 0.15) is 31.9 Å². The third-order valence-corrected chi connectivity index (χ3v) is 4.01. The standard InChI is InChI=1S/C16H20N2O4/c1-10(16(21)22)17-15(20)13-8-14(19)18(9-13)11(2)12-6-4-3-5-7-12/h3-7,10-11,13H,8-9H2,1-2H3,(H,17,20)(H,21,22). The molecule has 1 aliphatic heterocycles. The Morgan fingerprint density at radius 1 is 1.27 bits per heavy atom. The second-order valence-corrected chi connectivity index (χ2v) is 5.60. The number of likely N-dealkylation sites (tertiary alicyclic amines) is 1. The number of aliphatic carboxylic acids is 1. The van der Waals surface area contributed by atoms with Crippen LogP contribution in [0.4, 0.5) is 0 Å². The summed E-state index contributed by atoms with van der Waals surface area (Å²) >= 11 is 0. The van der Waals surface area contributed by atoms with Crippen molar-refractivity contribution in [1.82, 2.24) is 10.2 Å². The average molecular weight is 304 g/mol. The summed E-state index contributed by atoms with van der Waals surface area (Å²) in [6.45, 7) is 3.64. The molecule has 118 valence electrons. The van der Waals surface area contributed by atoms with Crippen LogP contribution in [0.15, 0.2) is 30.3 Å². The molecule has 2 N–H and O–H groups in total. The van der Waals surface area contributed by atoms with Crippen LogP contribution < -0.4 is 5.32 Å². The van der Waals surface area contributed by atoms with E-state index < -0.39 is 17.9 Å². The van der Waals surface area contributed by atoms with E-state index in [1.807, 2.05) is 37.3 Å². The van der Waals surface area contributed by atoms with Crippen molar-refractivity contribution in [2.24, 2.45) is 5.92 Å². The second-order valence-electron chi connectivity index (χ2n) is 5.60. The molecule has 6 heteroatoms. The molecular formula is C16H20N2O4. The smallest absolute Gasteiger partial charge is 0.325 e. The number of nitrogens with one attached hydrogen (secondary N) is 1. The number of hydrogen-bond acceptors (Lipinski definition) is 3. The highest BCUT2D eigenvalue weighted by atomic mass is 16.4. The quantitative estimate of drug-likeness (QED) is 0.855. The van der Waals surface area contributed by atoms with Gasteiger partial charge in [0.2, 0.25) is 11.8 Å². The van der Waals surface area contributed by atoms with Gasteiger partial charge in [0, 0.05) is 13.0 Å². The number of hydrogen-bond donors (Lipinski definition) is 2. The highest BCUT2D eigenvalue weighted by Gasteiger charge is 2.37. The number of amides is 2. The molecule has 1 fully saturated rings. The molecule has 1 heterocycles. The molecule has 1 aromatic rings. The van der Waals surface area contributed by atoms with Gasteiger partial charge >= 0.3 is 5.97 Å². The lowest BCUT2D eigenvalue weighted by molar-refractivity contribution is -0.141. The summed E-state index contributed by atoms with van der Waals surface area (Å²) in [6.07, 6.45) is 0.120. The molecule has 2 amide bonds. The Morgan fingerprint density at radius 2 is 1.91 bits per heavy atom. The van der Waals surface area contributed by atoms with E-state index in [0.717, 1.165) is 5.56 Å². The molecule has 2 rings (SSSR count). The van der Waals surface area contributed by atoms with E-state index in [9.17, 15) is 14.4 Å². The summed E-state index contributed by atoms with van der Waals surface area (Å²) in [5, 5.41) is 11.2. The number of nitrogens with zero attached hydrogens (tertiary/aromatic N) is 1. The number of carboxylic acids is 1. The highest BCUT2D eigenvalue weighted by Crippen LogP contribution is 2.28. The summed E-state index contributed by atoms with van der Waals surface area (Å²) in [6, 6.07) is 8.55. The van der Waals surface area contributed by atoms with Gasteiger partial charge in [0.15, 0.2) is 0 Å². The molecule has 0 bridgehead atoms. The first-order valence-corrected chi connectivity index (χ1v) is 7.27. The molecule has 0 spiro atoms. The van der Waals surface area contributed by atoms with E-state index in [-0.39, 0.29) is 24.3 Å². The van der Waals surface area contributed by atoms with Crippen molar-refractivity contribution >= 4 is 17.8 Å². The van der Waals surface area contributed by atoms with Gasteiger partial charge < -0.3 is 15.3 Å². The summed E-state index contributed by atoms with van der Waals surface area (Å²) in [5.41, 5.74) is 1.01. The Bertz CT molecular complexity index is 573. The largest absolute Gasteiger partial charge is 0.480 e. The molecule has 1 aromatic carbocycles. The zero-order valence-electron chi connectivity index (χ0n) is 12.7. The second kappa shape index (κ2) is 6.60. The first-order valence-electron chi connectivity index (χ1n) is 7.27. The first kappa shape index (κ1) is 16.0. The van der Waals surface area contributed by atoms with Gasteiger partial charge in [-0.1, -0.05) is 30.3 Å². The van der Waals surface area contributed by atoms with Crippen molar-refractivity contribution in [1.29, 1.82) is 0 Å². The Hall–Kier alpha value is -2.37. The third kappa shape index (κ3) is 3.44. The maximum absolute atomic E-state index is 12.2. The van der Waals surface area contributed by atoms with Gasteiger partial charge in [-0.25, -0.2) is 0 Å². The molecule has 3 atom stereocenters. The van der Waals surface area contributed by atoms with E-state index in [4.69, 9.17) is 5.11 Å². The Balaban J connectivity index is 2.01. The van der Waals surface area contributed by atoms with E-state index in [0.29, 0.717) is 6.54 Å². The van der Waals surface area contributed by atoms with Crippen LogP contribution in [-0.4, -0.2) is 40.4 Å². The highest BCUT2D eigenvalue weighted by molar-refractivity contribution is 5.91. The molecule has 0 saturated carbocycles. The number of rotatable bonds is 5. The van der Waals surface area contributed by atoms with Gasteiger partial charge in [-0.3, -0.25) is 14.4 Å². The lowest BCUT2D eigenvalue weighted by atomic mass is 10.1. The van der Waals surface area contributed by atoms with Crippen molar-refractivity contribution < 1.29 is 19.5 Å². The molecule has 0 aromatic heterocycles. The Morgan fingerprint density at radius 3 is 2.50 bits per heavy atom. The summed E-state index contributed by atoms with van der Waals surface area (Å²) in [5.74, 6) is -2.06. The third-order valence-electron chi connectivity index (χ3n) is 4.01. The van der Waals surface area contributed by atoms with E-state index in [1.54, 1.807) is 4.90 Å². The van der Waals surface area contributed by atoms with Gasteiger partial charge in [0.1, 0.15) is 6.04 Å². The topological polar surface area (TPSA) is 86.7 Å². The van der Waals surface area contributed by atoms with Crippen molar-refractivity contribution in [3.8, 4) is 0 Å². The van der Waals surface area contributed by atoms with Crippen molar-refractivity contribution in [3.05, 3.63) is 35.9 Å². The molecule has 1 aliphatic rings. The van der Waals surface area contributed by atoms with Crippen LogP contribution in [0.25, 0.3) is 0 Å². The lowest BCUT2D eigenvalue weighted by Gasteiger charge is -2.25. The van der Waals surface area contributed by atoms with Crippen LogP contribution in [-0.2, 0) is 14.4 Å².